The van der Waals surface area contributed by atoms with Crippen LogP contribution in [-0.4, -0.2) is 26.4 Å². The Morgan fingerprint density at radius 3 is 2.21 bits per heavy atom. The summed E-state index contributed by atoms with van der Waals surface area (Å²) in [7, 11) is 1.66. The first-order chi connectivity index (χ1) is 24.8. The zero-order chi connectivity index (χ0) is 35.6. The monoisotopic (exact) mass is 869 g/mol. The average molecular weight is 870 g/mol. The third-order valence-electron chi connectivity index (χ3n) is 10.1. The van der Waals surface area contributed by atoms with E-state index in [0.717, 1.165) is 70.3 Å². The van der Waals surface area contributed by atoms with Gasteiger partial charge >= 0.3 is 21.1 Å². The number of benzene rings is 4. The van der Waals surface area contributed by atoms with Crippen molar-refractivity contribution >= 4 is 21.8 Å². The Balaban J connectivity index is 0.00000464. The molecule has 0 bridgehead atoms. The van der Waals surface area contributed by atoms with Crippen LogP contribution in [-0.2, 0) is 21.1 Å². The summed E-state index contributed by atoms with van der Waals surface area (Å²) >= 11 is 0. The third kappa shape index (κ3) is 7.06. The second-order valence-corrected chi connectivity index (χ2v) is 13.8. The van der Waals surface area contributed by atoms with E-state index < -0.39 is 0 Å². The van der Waals surface area contributed by atoms with E-state index in [1.165, 1.54) is 27.8 Å². The summed E-state index contributed by atoms with van der Waals surface area (Å²) in [6.07, 6.45) is 10.5. The van der Waals surface area contributed by atoms with Crippen molar-refractivity contribution in [3.05, 3.63) is 126 Å². The Bertz CT molecular complexity index is 2300. The molecule has 0 saturated carbocycles. The summed E-state index contributed by atoms with van der Waals surface area (Å²) in [6.45, 7) is 13.8. The van der Waals surface area contributed by atoms with Gasteiger partial charge in [-0.15, -0.1) is 35.7 Å². The number of aryl methyl sites for hydroxylation is 2. The van der Waals surface area contributed by atoms with Crippen LogP contribution in [0.4, 0.5) is 0 Å². The van der Waals surface area contributed by atoms with Crippen LogP contribution in [0.3, 0.4) is 0 Å². The number of fused-ring (bicyclic) bond motifs is 3. The first-order valence-corrected chi connectivity index (χ1v) is 18.2. The number of rotatable bonds is 12. The van der Waals surface area contributed by atoms with Crippen LogP contribution in [0.1, 0.15) is 87.5 Å². The smallest absolute Gasteiger partial charge is 0.509 e. The number of aromatic nitrogens is 4. The Morgan fingerprint density at radius 2 is 1.50 bits per heavy atom. The molecular formula is C45H46N4O2Pt. The second-order valence-electron chi connectivity index (χ2n) is 13.8. The summed E-state index contributed by atoms with van der Waals surface area (Å²) in [5.74, 6) is 3.57. The van der Waals surface area contributed by atoms with Crippen molar-refractivity contribution in [3.63, 3.8) is 0 Å². The number of hydrogen-bond donors (Lipinski definition) is 0. The van der Waals surface area contributed by atoms with E-state index in [0.29, 0.717) is 23.3 Å². The van der Waals surface area contributed by atoms with Gasteiger partial charge in [-0.05, 0) is 89.5 Å². The van der Waals surface area contributed by atoms with Crippen molar-refractivity contribution < 1.29 is 30.5 Å². The summed E-state index contributed by atoms with van der Waals surface area (Å²) in [4.78, 5) is 4.68. The van der Waals surface area contributed by atoms with E-state index in [-0.39, 0.29) is 21.1 Å². The average Bonchev–Trinajstić information content (AvgIpc) is 3.75. The molecule has 3 heterocycles. The molecule has 0 aliphatic rings. The Kier molecular flexibility index (Phi) is 11.4. The standard InChI is InChI=1S/C45H46N4O2.Pt/c1-8-13-29(3)43-31(5)23-32(6)44(30(4)14-9-2)45(43)33-27-47-48(28-33)34-15-12-16-36(24-34)51-37-19-20-39-38-17-10-11-18-40(38)49(41(39)25-37)42-26-35(50-7)21-22-46-42;/h10-12,15-23,26-30H,8-9,13-14H2,1-7H3;/q-2;+2. The molecule has 0 aliphatic carbocycles. The predicted octanol–water partition coefficient (Wildman–Crippen LogP) is 11.9. The number of para-hydroxylation sites is 1. The van der Waals surface area contributed by atoms with E-state index in [1.54, 1.807) is 13.3 Å². The summed E-state index contributed by atoms with van der Waals surface area (Å²) in [6, 6.07) is 31.5. The molecule has 2 unspecified atom stereocenters. The van der Waals surface area contributed by atoms with Crippen molar-refractivity contribution in [3.8, 4) is 39.9 Å². The molecule has 7 rings (SSSR count). The molecule has 0 fully saturated rings. The molecule has 2 atom stereocenters. The van der Waals surface area contributed by atoms with Crippen LogP contribution in [0.5, 0.6) is 17.2 Å². The van der Waals surface area contributed by atoms with Crippen LogP contribution in [0.2, 0.25) is 0 Å². The Labute approximate surface area is 322 Å². The molecule has 0 amide bonds. The minimum absolute atomic E-state index is 0. The fourth-order valence-electron chi connectivity index (χ4n) is 7.91. The minimum Gasteiger partial charge on any atom is -0.509 e. The molecule has 0 N–H and O–H groups in total. The molecule has 3 aromatic heterocycles. The quantitative estimate of drug-likeness (QED) is 0.115. The van der Waals surface area contributed by atoms with Crippen LogP contribution in [0, 0.1) is 26.0 Å². The van der Waals surface area contributed by atoms with Gasteiger partial charge in [-0.25, -0.2) is 4.98 Å². The van der Waals surface area contributed by atoms with Crippen LogP contribution >= 0.6 is 0 Å². The SMILES string of the molecule is CCCC(C)c1c(C)cc(C)c(C(C)CCC)c1-c1cnn(-c2[c-]c(Oc3[c-]c4c(cc3)c3ccccc3n4-c3cc(OC)ccn3)ccc2)c1.[Pt+2]. The number of ether oxygens (including phenoxy) is 2. The molecule has 7 aromatic rings. The Morgan fingerprint density at radius 1 is 0.788 bits per heavy atom. The van der Waals surface area contributed by atoms with Gasteiger partial charge in [0.15, 0.2) is 0 Å². The van der Waals surface area contributed by atoms with Crippen LogP contribution < -0.4 is 9.47 Å². The molecule has 0 aliphatic heterocycles. The van der Waals surface area contributed by atoms with Crippen molar-refractivity contribution in [1.82, 2.24) is 19.3 Å². The van der Waals surface area contributed by atoms with E-state index in [4.69, 9.17) is 14.6 Å². The number of nitrogens with zero attached hydrogens (tertiary/aromatic N) is 4. The second kappa shape index (κ2) is 15.9. The van der Waals surface area contributed by atoms with Crippen molar-refractivity contribution in [2.75, 3.05) is 7.11 Å². The minimum atomic E-state index is 0. The fourth-order valence-corrected chi connectivity index (χ4v) is 7.91. The fraction of sp³-hybridized carbons (Fsp3) is 0.289. The molecule has 0 radical (unpaired) electrons. The summed E-state index contributed by atoms with van der Waals surface area (Å²) < 4.78 is 16.0. The molecule has 7 heteroatoms. The van der Waals surface area contributed by atoms with Crippen molar-refractivity contribution in [2.24, 2.45) is 0 Å². The largest absolute Gasteiger partial charge is 2.00 e. The number of methoxy groups -OCH3 is 1. The van der Waals surface area contributed by atoms with Gasteiger partial charge in [0.1, 0.15) is 11.6 Å². The van der Waals surface area contributed by atoms with Gasteiger partial charge in [0, 0.05) is 41.0 Å². The third-order valence-corrected chi connectivity index (χ3v) is 10.1. The first-order valence-electron chi connectivity index (χ1n) is 18.2. The summed E-state index contributed by atoms with van der Waals surface area (Å²) in [5.41, 5.74) is 10.9. The van der Waals surface area contributed by atoms with Crippen LogP contribution in [0.25, 0.3) is 44.4 Å². The van der Waals surface area contributed by atoms with Gasteiger partial charge in [-0.1, -0.05) is 70.3 Å². The topological polar surface area (TPSA) is 54.1 Å². The van der Waals surface area contributed by atoms with Gasteiger partial charge in [0.25, 0.3) is 0 Å². The van der Waals surface area contributed by atoms with E-state index in [1.807, 2.05) is 53.3 Å². The molecule has 268 valence electrons. The van der Waals surface area contributed by atoms with E-state index in [9.17, 15) is 0 Å². The van der Waals surface area contributed by atoms with E-state index >= 15 is 0 Å². The number of pyridine rings is 1. The molecular weight excluding hydrogens is 824 g/mol. The van der Waals surface area contributed by atoms with Crippen molar-refractivity contribution in [2.45, 2.75) is 79.1 Å². The maximum absolute atomic E-state index is 6.45. The van der Waals surface area contributed by atoms with Crippen LogP contribution in [0.15, 0.2) is 91.4 Å². The van der Waals surface area contributed by atoms with Gasteiger partial charge in [-0.2, -0.15) is 17.2 Å². The molecule has 6 nitrogen and oxygen atoms in total. The Hall–Kier alpha value is -4.67. The van der Waals surface area contributed by atoms with Gasteiger partial charge in [-0.3, -0.25) is 4.68 Å². The zero-order valence-electron chi connectivity index (χ0n) is 31.1. The van der Waals surface area contributed by atoms with E-state index in [2.05, 4.69) is 99.8 Å². The maximum Gasteiger partial charge on any atom is 2.00 e. The molecule has 0 spiro atoms. The zero-order valence-corrected chi connectivity index (χ0v) is 33.3. The summed E-state index contributed by atoms with van der Waals surface area (Å²) in [5, 5.41) is 7.07. The van der Waals surface area contributed by atoms with Crippen molar-refractivity contribution in [1.29, 1.82) is 0 Å². The predicted molar refractivity (Wildman–Crippen MR) is 208 cm³/mol. The van der Waals surface area contributed by atoms with Gasteiger partial charge in [0.2, 0.25) is 0 Å². The first kappa shape index (κ1) is 37.1. The molecule has 0 saturated heterocycles. The number of hydrogen-bond acceptors (Lipinski definition) is 4. The van der Waals surface area contributed by atoms with Gasteiger partial charge < -0.3 is 14.0 Å². The normalized spacial score (nSPS) is 12.5. The van der Waals surface area contributed by atoms with Gasteiger partial charge in [0.05, 0.1) is 13.3 Å². The maximum atomic E-state index is 6.45. The molecule has 4 aromatic carbocycles. The molecule has 52 heavy (non-hydrogen) atoms.